The third kappa shape index (κ3) is 3.80. The third-order valence-electron chi connectivity index (χ3n) is 0.0781. The molecule has 0 saturated heterocycles. The lowest BCUT2D eigenvalue weighted by atomic mass is 11.9. The second kappa shape index (κ2) is 2.06. The molecule has 0 aromatic carbocycles. The van der Waals surface area contributed by atoms with E-state index in [-0.39, 0.29) is 0 Å². The summed E-state index contributed by atoms with van der Waals surface area (Å²) in [6.07, 6.45) is 0. The van der Waals surface area contributed by atoms with E-state index in [1.54, 1.807) is 0 Å². The Balaban J connectivity index is 3.60. The summed E-state index contributed by atoms with van der Waals surface area (Å²) in [6, 6.07) is 0. The van der Waals surface area contributed by atoms with Gasteiger partial charge in [0.2, 0.25) is 0 Å². The van der Waals surface area contributed by atoms with Crippen molar-refractivity contribution < 1.29 is 14.6 Å². The van der Waals surface area contributed by atoms with Crippen LogP contribution < -0.4 is 4.89 Å². The molecule has 0 bridgehead atoms. The molecule has 28 valence electrons. The van der Waals surface area contributed by atoms with E-state index in [1.807, 2.05) is 0 Å². The number of hydrogen-bond acceptors (Lipinski definition) is 3. The van der Waals surface area contributed by atoms with Crippen LogP contribution in [0.2, 0.25) is 0 Å². The fourth-order valence-corrected chi connectivity index (χ4v) is 0. The summed E-state index contributed by atoms with van der Waals surface area (Å²) in [6.45, 7) is 0. The highest BCUT2D eigenvalue weighted by molar-refractivity contribution is 7.42. The smallest absolute Gasteiger partial charge is 0.364 e. The van der Waals surface area contributed by atoms with Crippen LogP contribution >= 0.6 is 8.00 Å². The summed E-state index contributed by atoms with van der Waals surface area (Å²) in [5.41, 5.74) is 0.843. The predicted molar refractivity (Wildman–Crippen MR) is 14.8 cm³/mol. The molecule has 0 rings (SSSR count). The Morgan fingerprint density at radius 3 is 2.20 bits per heavy atom. The van der Waals surface area contributed by atoms with Crippen LogP contribution in [0, 0.1) is 0 Å². The van der Waals surface area contributed by atoms with Crippen LogP contribution in [-0.2, 0) is 4.79 Å². The number of carbonyl (C=O) groups excluding carboxylic acids is 1. The molecule has 1 atom stereocenters. The Kier molecular flexibility index (Phi) is 1.98. The lowest BCUT2D eigenvalue weighted by molar-refractivity contribution is -0.167. The highest BCUT2D eigenvalue weighted by atomic mass is 31.1. The Morgan fingerprint density at radius 1 is 2.00 bits per heavy atom. The van der Waals surface area contributed by atoms with Crippen molar-refractivity contribution in [2.24, 2.45) is 0 Å². The van der Waals surface area contributed by atoms with Gasteiger partial charge in [-0.1, -0.05) is 0 Å². The van der Waals surface area contributed by atoms with E-state index >= 15 is 0 Å². The minimum atomic E-state index is -2.65. The van der Waals surface area contributed by atoms with Crippen LogP contribution in [0.1, 0.15) is 0 Å². The Hall–Kier alpha value is -0.200. The molecule has 0 fully saturated rings. The molecule has 0 saturated carbocycles. The number of rotatable bonds is 0. The van der Waals surface area contributed by atoms with E-state index in [2.05, 4.69) is 0 Å². The van der Waals surface area contributed by atoms with Gasteiger partial charge in [0, 0.05) is 0 Å². The van der Waals surface area contributed by atoms with Crippen molar-refractivity contribution in [2.75, 3.05) is 0 Å². The summed E-state index contributed by atoms with van der Waals surface area (Å²) in [4.78, 5) is 25.4. The molecule has 0 aliphatic rings. The van der Waals surface area contributed by atoms with Crippen LogP contribution in [0.4, 0.5) is 0 Å². The summed E-state index contributed by atoms with van der Waals surface area (Å²) < 4.78 is 0. The van der Waals surface area contributed by atoms with Gasteiger partial charge in [-0.3, -0.25) is 0 Å². The fraction of sp³-hybridized carbons (Fsp3) is 0. The van der Waals surface area contributed by atoms with Gasteiger partial charge in [-0.2, -0.15) is 9.69 Å². The van der Waals surface area contributed by atoms with Gasteiger partial charge in [-0.25, -0.2) is 0 Å². The van der Waals surface area contributed by atoms with Gasteiger partial charge in [0.15, 0.2) is 0 Å². The second-order valence-electron chi connectivity index (χ2n) is 0.364. The monoisotopic (exact) mass is 92.0 g/mol. The maximum absolute atomic E-state index is 9.09. The van der Waals surface area contributed by atoms with Crippen molar-refractivity contribution in [3.05, 3.63) is 0 Å². The maximum Gasteiger partial charge on any atom is 0.364 e. The quantitative estimate of drug-likeness (QED) is 0.378. The van der Waals surface area contributed by atoms with E-state index in [4.69, 9.17) is 14.6 Å². The molecule has 0 aromatic rings. The van der Waals surface area contributed by atoms with Gasteiger partial charge in [0.25, 0.3) is 0 Å². The van der Waals surface area contributed by atoms with Crippen molar-refractivity contribution in [3.63, 3.8) is 0 Å². The third-order valence-corrected chi connectivity index (χ3v) is 0.234. The molecule has 0 aliphatic heterocycles. The topological polar surface area (TPSA) is 60.4 Å². The predicted octanol–water partition coefficient (Wildman–Crippen LogP) is -1.28. The van der Waals surface area contributed by atoms with E-state index in [9.17, 15) is 0 Å². The zero-order valence-electron chi connectivity index (χ0n) is 2.21. The summed E-state index contributed by atoms with van der Waals surface area (Å²) in [7, 11) is -2.65. The first-order valence-corrected chi connectivity index (χ1v) is 2.02. The average molecular weight is 92.0 g/mol. The Labute approximate surface area is 29.4 Å². The minimum absolute atomic E-state index is 0.843. The van der Waals surface area contributed by atoms with E-state index in [1.165, 1.54) is 0 Å². The first-order valence-electron chi connectivity index (χ1n) is 0.810. The van der Waals surface area contributed by atoms with Gasteiger partial charge in [0.05, 0.1) is 0 Å². The van der Waals surface area contributed by atoms with Crippen LogP contribution in [0.5, 0.6) is 0 Å². The van der Waals surface area contributed by atoms with Crippen molar-refractivity contribution in [3.8, 4) is 0 Å². The molecule has 4 heteroatoms. The second-order valence-corrected chi connectivity index (χ2v) is 1.09. The minimum Gasteiger partial charge on any atom is -0.593 e. The summed E-state index contributed by atoms with van der Waals surface area (Å²) in [5, 5.41) is 0. The first-order chi connectivity index (χ1) is 2.27. The highest BCUT2D eigenvalue weighted by Gasteiger charge is 1.73. The van der Waals surface area contributed by atoms with Crippen molar-refractivity contribution >= 4 is 13.7 Å². The lowest BCUT2D eigenvalue weighted by Gasteiger charge is -1.63. The van der Waals surface area contributed by atoms with Gasteiger partial charge in [-0.05, 0) is 0 Å². The van der Waals surface area contributed by atoms with Crippen LogP contribution in [-0.4, -0.2) is 10.6 Å². The molecule has 0 aromatic heterocycles. The van der Waals surface area contributed by atoms with Crippen molar-refractivity contribution in [1.29, 1.82) is 0 Å². The normalized spacial score (nSPS) is 9.60. The van der Waals surface area contributed by atoms with Crippen LogP contribution in [0.25, 0.3) is 0 Å². The molecule has 0 radical (unpaired) electrons. The Morgan fingerprint density at radius 2 is 2.20 bits per heavy atom. The van der Waals surface area contributed by atoms with Crippen LogP contribution in [0.3, 0.4) is 0 Å². The van der Waals surface area contributed by atoms with Gasteiger partial charge in [0.1, 0.15) is 0 Å². The zero-order chi connectivity index (χ0) is 4.28. The van der Waals surface area contributed by atoms with E-state index < -0.39 is 8.00 Å². The van der Waals surface area contributed by atoms with Crippen molar-refractivity contribution in [2.45, 2.75) is 0 Å². The molecule has 1 N–H and O–H groups in total. The zero-order valence-corrected chi connectivity index (χ0v) is 3.11. The highest BCUT2D eigenvalue weighted by Crippen LogP contribution is 1.90. The standard InChI is InChI=1S/CHO3P/c2-1-5(3)4/h(H,3,4). The molecule has 0 heterocycles. The molecule has 0 amide bonds. The molecule has 3 nitrogen and oxygen atoms in total. The number of hydrogen-bond donors (Lipinski definition) is 1. The fourth-order valence-electron chi connectivity index (χ4n) is 0. The molecule has 0 aliphatic carbocycles. The lowest BCUT2D eigenvalue weighted by Crippen LogP contribution is -1.81. The van der Waals surface area contributed by atoms with E-state index in [0.29, 0.717) is 0 Å². The summed E-state index contributed by atoms with van der Waals surface area (Å²) in [5.74, 6) is 0. The molecular weight excluding hydrogens is 91.0 g/mol. The first kappa shape index (κ1) is 4.80. The maximum atomic E-state index is 9.09. The van der Waals surface area contributed by atoms with Crippen molar-refractivity contribution in [1.82, 2.24) is 0 Å². The molecule has 1 unspecified atom stereocenters. The molecule has 5 heavy (non-hydrogen) atoms. The largest absolute Gasteiger partial charge is 0.593 e. The SMILES string of the molecule is O=C=[P+]([O-])O. The Bertz CT molecular complexity index is 67.0. The van der Waals surface area contributed by atoms with E-state index in [0.717, 1.165) is 5.66 Å². The molecule has 0 spiro atoms. The van der Waals surface area contributed by atoms with Gasteiger partial charge >= 0.3 is 13.7 Å². The average Bonchev–Trinajstić information content (AvgIpc) is 1.38. The van der Waals surface area contributed by atoms with Crippen LogP contribution in [0.15, 0.2) is 0 Å². The molecular formula is CHO3P. The van der Waals surface area contributed by atoms with Gasteiger partial charge in [-0.15, -0.1) is 0 Å². The van der Waals surface area contributed by atoms with Gasteiger partial charge < -0.3 is 4.89 Å². The summed E-state index contributed by atoms with van der Waals surface area (Å²) >= 11 is 0.